The predicted octanol–water partition coefficient (Wildman–Crippen LogP) is 3.92. The summed E-state index contributed by atoms with van der Waals surface area (Å²) in [5.41, 5.74) is 1.65. The third-order valence-corrected chi connectivity index (χ3v) is 6.88. The average molecular weight is 344 g/mol. The number of hydrogen-bond acceptors (Lipinski definition) is 3. The first-order valence-electron chi connectivity index (χ1n) is 10.1. The van der Waals surface area contributed by atoms with Crippen molar-refractivity contribution in [2.75, 3.05) is 13.1 Å². The minimum absolute atomic E-state index is 0.0291. The first-order valence-corrected chi connectivity index (χ1v) is 10.1. The predicted molar refractivity (Wildman–Crippen MR) is 98.6 cm³/mol. The van der Waals surface area contributed by atoms with Crippen molar-refractivity contribution in [1.29, 1.82) is 0 Å². The molecule has 4 nitrogen and oxygen atoms in total. The lowest BCUT2D eigenvalue weighted by molar-refractivity contribution is 0.0825. The Hall–Kier alpha value is -1.29. The van der Waals surface area contributed by atoms with E-state index >= 15 is 0 Å². The molecule has 1 saturated heterocycles. The number of hydrogen-bond donors (Lipinski definition) is 1. The summed E-state index contributed by atoms with van der Waals surface area (Å²) in [7, 11) is 0. The van der Waals surface area contributed by atoms with Crippen LogP contribution in [-0.4, -0.2) is 36.0 Å². The van der Waals surface area contributed by atoms with Gasteiger partial charge in [-0.1, -0.05) is 0 Å². The Kier molecular flexibility index (Phi) is 4.65. The number of piperidine rings is 1. The molecule has 3 aliphatic rings. The number of aryl methyl sites for hydroxylation is 2. The third kappa shape index (κ3) is 3.64. The summed E-state index contributed by atoms with van der Waals surface area (Å²) in [5, 5.41) is 3.25. The van der Waals surface area contributed by atoms with Gasteiger partial charge < -0.3 is 14.6 Å². The molecule has 1 aromatic rings. The van der Waals surface area contributed by atoms with Crippen LogP contribution in [0.15, 0.2) is 10.7 Å². The number of carbonyl (C=O) groups excluding carboxylic acids is 1. The Morgan fingerprint density at radius 1 is 1.20 bits per heavy atom. The number of likely N-dealkylation sites (tertiary alicyclic amines) is 1. The SMILES string of the molecule is Cc1coc(C)c1C(=O)NC1CCN(CC2CCC3CC3C2)C(C)C1. The van der Waals surface area contributed by atoms with Crippen LogP contribution >= 0.6 is 0 Å². The number of nitrogens with one attached hydrogen (secondary N) is 1. The quantitative estimate of drug-likeness (QED) is 0.900. The van der Waals surface area contributed by atoms with Gasteiger partial charge in [0.25, 0.3) is 5.91 Å². The number of amides is 1. The molecule has 4 rings (SSSR count). The molecule has 0 aromatic carbocycles. The molecule has 0 spiro atoms. The maximum atomic E-state index is 12.6. The lowest BCUT2D eigenvalue weighted by Gasteiger charge is -2.40. The second-order valence-corrected chi connectivity index (χ2v) is 8.82. The molecule has 2 saturated carbocycles. The van der Waals surface area contributed by atoms with E-state index in [4.69, 9.17) is 4.42 Å². The summed E-state index contributed by atoms with van der Waals surface area (Å²) in [6, 6.07) is 0.842. The molecule has 138 valence electrons. The fourth-order valence-corrected chi connectivity index (χ4v) is 5.24. The molecule has 5 unspecified atom stereocenters. The van der Waals surface area contributed by atoms with Gasteiger partial charge in [0, 0.05) is 30.7 Å². The van der Waals surface area contributed by atoms with Crippen molar-refractivity contribution in [3.8, 4) is 0 Å². The van der Waals surface area contributed by atoms with E-state index in [-0.39, 0.29) is 11.9 Å². The molecule has 1 aromatic heterocycles. The molecule has 1 aliphatic heterocycles. The Labute approximate surface area is 151 Å². The van der Waals surface area contributed by atoms with Gasteiger partial charge in [-0.05, 0) is 77.0 Å². The number of furan rings is 1. The fraction of sp³-hybridized carbons (Fsp3) is 0.762. The van der Waals surface area contributed by atoms with Crippen molar-refractivity contribution >= 4 is 5.91 Å². The van der Waals surface area contributed by atoms with Gasteiger partial charge in [-0.3, -0.25) is 4.79 Å². The molecular formula is C21H32N2O2. The van der Waals surface area contributed by atoms with Gasteiger partial charge in [0.05, 0.1) is 11.8 Å². The van der Waals surface area contributed by atoms with Crippen LogP contribution in [0.3, 0.4) is 0 Å². The van der Waals surface area contributed by atoms with E-state index in [0.29, 0.717) is 6.04 Å². The zero-order valence-corrected chi connectivity index (χ0v) is 15.9. The van der Waals surface area contributed by atoms with E-state index in [0.717, 1.165) is 54.0 Å². The van der Waals surface area contributed by atoms with E-state index in [1.807, 2.05) is 13.8 Å². The highest BCUT2D eigenvalue weighted by Gasteiger charge is 2.42. The topological polar surface area (TPSA) is 45.5 Å². The van der Waals surface area contributed by atoms with E-state index < -0.39 is 0 Å². The van der Waals surface area contributed by atoms with Gasteiger partial charge in [-0.15, -0.1) is 0 Å². The van der Waals surface area contributed by atoms with Gasteiger partial charge in [0.2, 0.25) is 0 Å². The zero-order chi connectivity index (χ0) is 17.6. The summed E-state index contributed by atoms with van der Waals surface area (Å²) in [5.74, 6) is 3.81. The molecule has 0 radical (unpaired) electrons. The van der Waals surface area contributed by atoms with Gasteiger partial charge in [-0.25, -0.2) is 0 Å². The van der Waals surface area contributed by atoms with Gasteiger partial charge in [0.1, 0.15) is 5.76 Å². The zero-order valence-electron chi connectivity index (χ0n) is 15.9. The van der Waals surface area contributed by atoms with Crippen LogP contribution in [0.5, 0.6) is 0 Å². The number of rotatable bonds is 4. The van der Waals surface area contributed by atoms with Crippen molar-refractivity contribution < 1.29 is 9.21 Å². The number of fused-ring (bicyclic) bond motifs is 1. The molecule has 4 heteroatoms. The molecule has 25 heavy (non-hydrogen) atoms. The molecule has 5 atom stereocenters. The van der Waals surface area contributed by atoms with Crippen LogP contribution in [0.4, 0.5) is 0 Å². The van der Waals surface area contributed by atoms with Gasteiger partial charge in [-0.2, -0.15) is 0 Å². The van der Waals surface area contributed by atoms with Crippen LogP contribution in [0, 0.1) is 31.6 Å². The van der Waals surface area contributed by atoms with E-state index in [9.17, 15) is 4.79 Å². The lowest BCUT2D eigenvalue weighted by Crippen LogP contribution is -2.50. The van der Waals surface area contributed by atoms with Crippen LogP contribution in [0.2, 0.25) is 0 Å². The second-order valence-electron chi connectivity index (χ2n) is 8.82. The average Bonchev–Trinajstić information content (AvgIpc) is 3.26. The van der Waals surface area contributed by atoms with Crippen molar-refractivity contribution in [2.45, 2.75) is 71.4 Å². The van der Waals surface area contributed by atoms with Crippen molar-refractivity contribution in [3.63, 3.8) is 0 Å². The third-order valence-electron chi connectivity index (χ3n) is 6.88. The number of nitrogens with zero attached hydrogens (tertiary/aromatic N) is 1. The highest BCUT2D eigenvalue weighted by molar-refractivity contribution is 5.96. The smallest absolute Gasteiger partial charge is 0.255 e. The second kappa shape index (κ2) is 6.79. The van der Waals surface area contributed by atoms with E-state index in [1.165, 1.54) is 32.2 Å². The molecule has 1 amide bonds. The van der Waals surface area contributed by atoms with Crippen molar-refractivity contribution in [1.82, 2.24) is 10.2 Å². The summed E-state index contributed by atoms with van der Waals surface area (Å²) >= 11 is 0. The minimum atomic E-state index is 0.0291. The normalized spacial score (nSPS) is 35.2. The monoisotopic (exact) mass is 344 g/mol. The molecule has 2 aliphatic carbocycles. The summed E-state index contributed by atoms with van der Waals surface area (Å²) in [6.07, 6.45) is 9.67. The Morgan fingerprint density at radius 3 is 2.72 bits per heavy atom. The Balaban J connectivity index is 1.28. The van der Waals surface area contributed by atoms with Crippen LogP contribution in [0.25, 0.3) is 0 Å². The summed E-state index contributed by atoms with van der Waals surface area (Å²) < 4.78 is 5.37. The van der Waals surface area contributed by atoms with Crippen LogP contribution in [0.1, 0.15) is 67.1 Å². The summed E-state index contributed by atoms with van der Waals surface area (Å²) in [6.45, 7) is 8.51. The highest BCUT2D eigenvalue weighted by Crippen LogP contribution is 2.51. The van der Waals surface area contributed by atoms with Gasteiger partial charge in [0.15, 0.2) is 0 Å². The molecule has 3 fully saturated rings. The lowest BCUT2D eigenvalue weighted by atomic mass is 9.87. The molecule has 1 N–H and O–H groups in total. The molecule has 0 bridgehead atoms. The van der Waals surface area contributed by atoms with Gasteiger partial charge >= 0.3 is 0 Å². The number of carbonyl (C=O) groups is 1. The van der Waals surface area contributed by atoms with Crippen molar-refractivity contribution in [3.05, 3.63) is 23.2 Å². The van der Waals surface area contributed by atoms with E-state index in [2.05, 4.69) is 17.1 Å². The Bertz CT molecular complexity index is 618. The van der Waals surface area contributed by atoms with Crippen molar-refractivity contribution in [2.24, 2.45) is 17.8 Å². The maximum Gasteiger partial charge on any atom is 0.255 e. The fourth-order valence-electron chi connectivity index (χ4n) is 5.24. The minimum Gasteiger partial charge on any atom is -0.469 e. The standard InChI is InChI=1S/C21H32N2O2/c1-13-12-25-15(3)20(13)21(24)22-19-6-7-23(14(2)8-19)11-16-4-5-17-10-18(17)9-16/h12,14,16-19H,4-11H2,1-3H3,(H,22,24). The first kappa shape index (κ1) is 17.1. The van der Waals surface area contributed by atoms with E-state index in [1.54, 1.807) is 6.26 Å². The Morgan fingerprint density at radius 2 is 2.04 bits per heavy atom. The largest absolute Gasteiger partial charge is 0.469 e. The van der Waals surface area contributed by atoms with Crippen LogP contribution < -0.4 is 5.32 Å². The first-order chi connectivity index (χ1) is 12.0. The molecular weight excluding hydrogens is 312 g/mol. The summed E-state index contributed by atoms with van der Waals surface area (Å²) in [4.78, 5) is 15.2. The maximum absolute atomic E-state index is 12.6. The van der Waals surface area contributed by atoms with Crippen LogP contribution in [-0.2, 0) is 0 Å². The molecule has 2 heterocycles. The highest BCUT2D eigenvalue weighted by atomic mass is 16.3.